The van der Waals surface area contributed by atoms with Gasteiger partial charge >= 0.3 is 24.2 Å². The number of hydrogen-bond donors (Lipinski definition) is 8. The Morgan fingerprint density at radius 2 is 0.951 bits per heavy atom. The normalized spacial score (nSPS) is 12.4. The second-order valence-corrected chi connectivity index (χ2v) is 23.0. The van der Waals surface area contributed by atoms with Crippen molar-refractivity contribution in [3.05, 3.63) is 144 Å². The van der Waals surface area contributed by atoms with Crippen LogP contribution in [0.5, 0.6) is 0 Å². The van der Waals surface area contributed by atoms with Crippen LogP contribution in [0.1, 0.15) is 53.7 Å². The third-order valence-electron chi connectivity index (χ3n) is 11.5. The molecule has 6 aromatic carbocycles. The summed E-state index contributed by atoms with van der Waals surface area (Å²) in [6.07, 6.45) is -0.524. The van der Waals surface area contributed by atoms with E-state index in [2.05, 4.69) is 61.0 Å². The number of carbonyl (C=O) groups is 2. The van der Waals surface area contributed by atoms with Gasteiger partial charge in [-0.05, 0) is 101 Å². The number of hydrogen-bond acceptors (Lipinski definition) is 20. The molecule has 28 nitrogen and oxygen atoms in total. The van der Waals surface area contributed by atoms with Gasteiger partial charge in [0.25, 0.3) is 40.5 Å². The minimum Gasteiger partial charge on any atom is -0.351 e. The number of aromatic nitrogens is 6. The Balaban J connectivity index is 0.904. The number of rotatable bonds is 20. The molecule has 8 rings (SSSR count). The van der Waals surface area contributed by atoms with E-state index < -0.39 is 90.0 Å². The van der Waals surface area contributed by atoms with Crippen LogP contribution >= 0.6 is 0 Å². The maximum Gasteiger partial charge on any atom is 0.316 e. The van der Waals surface area contributed by atoms with Gasteiger partial charge in [0.1, 0.15) is 55.0 Å². The van der Waals surface area contributed by atoms with E-state index in [4.69, 9.17) is 11.5 Å². The van der Waals surface area contributed by atoms with Gasteiger partial charge in [0, 0.05) is 36.5 Å². The molecule has 0 saturated heterocycles. The lowest BCUT2D eigenvalue weighted by atomic mass is 10.1. The van der Waals surface area contributed by atoms with Crippen molar-refractivity contribution >= 4 is 108 Å². The molecule has 0 aliphatic rings. The number of nitrogens with zero attached hydrogens (tertiary/aromatic N) is 10. The first-order valence-corrected chi connectivity index (χ1v) is 28.9. The minimum atomic E-state index is -5.00. The Morgan fingerprint density at radius 3 is 1.46 bits per heavy atom. The quantitative estimate of drug-likeness (QED) is 0.0207. The number of nitrogens with one attached hydrogen (secondary N) is 2. The van der Waals surface area contributed by atoms with Crippen LogP contribution in [-0.2, 0) is 66.2 Å². The molecule has 34 heteroatoms. The van der Waals surface area contributed by atoms with Crippen molar-refractivity contribution in [3.8, 4) is 0 Å². The fourth-order valence-electron chi connectivity index (χ4n) is 8.09. The Hall–Kier alpha value is -8.90. The second-order valence-electron chi connectivity index (χ2n) is 17.4. The van der Waals surface area contributed by atoms with Crippen LogP contribution in [0.25, 0.3) is 21.5 Å². The van der Waals surface area contributed by atoms with Gasteiger partial charge in [0.05, 0.1) is 22.0 Å². The molecule has 0 fully saturated rings. The van der Waals surface area contributed by atoms with Gasteiger partial charge in [-0.25, -0.2) is 19.6 Å². The van der Waals surface area contributed by atoms with Gasteiger partial charge in [-0.15, -0.1) is 15.3 Å². The molecule has 8 aromatic rings. The predicted molar refractivity (Wildman–Crippen MR) is 281 cm³/mol. The standard InChI is InChI=1S/C47H40F2N14O14S4/c48-44-56-40(54-42(58-44)17-24-9-13-32(34(15-24)52-46(50)64)61-60-28-12-11-27-19-29(78(66,67)68)22-38(30(27)21-28)80(72,73)74)7-2-1-3-8-41-55-43(59-45(49)57-41)18-25-10-14-33(35(16-25)53-47(51)65)62-63-36-23-31-26(20-39(36)81(75,76)77)5-4-6-37(31)79(69,70)71/h4-6,9-16,19-23H,1-3,7-8,17-18H2,(H3,50,52,64)(H3,51,53,65)(H,66,67,68)(H,69,70,71)(H,72,73,74)(H,75,76,77). The van der Waals surface area contributed by atoms with Crippen LogP contribution in [0.4, 0.5) is 52.5 Å². The van der Waals surface area contributed by atoms with Crippen molar-refractivity contribution in [2.24, 2.45) is 31.9 Å². The summed E-state index contributed by atoms with van der Waals surface area (Å²) in [7, 11) is -19.6. The number of urea groups is 2. The van der Waals surface area contributed by atoms with Crippen LogP contribution in [0.3, 0.4) is 0 Å². The first-order chi connectivity index (χ1) is 38.0. The number of unbranched alkanes of at least 4 members (excludes halogenated alkanes) is 2. The number of anilines is 2. The highest BCUT2D eigenvalue weighted by atomic mass is 32.2. The number of azo groups is 2. The molecule has 0 saturated carbocycles. The molecule has 420 valence electrons. The van der Waals surface area contributed by atoms with Gasteiger partial charge < -0.3 is 22.1 Å². The summed E-state index contributed by atoms with van der Waals surface area (Å²) in [5, 5.41) is 20.6. The second kappa shape index (κ2) is 23.4. The lowest BCUT2D eigenvalue weighted by Crippen LogP contribution is -2.19. The lowest BCUT2D eigenvalue weighted by Gasteiger charge is -2.10. The molecule has 2 aromatic heterocycles. The zero-order valence-electron chi connectivity index (χ0n) is 41.1. The van der Waals surface area contributed by atoms with Gasteiger partial charge in [0.2, 0.25) is 0 Å². The van der Waals surface area contributed by atoms with Gasteiger partial charge in [-0.3, -0.25) is 18.2 Å². The monoisotopic (exact) mass is 1190 g/mol. The molecule has 0 aliphatic heterocycles. The largest absolute Gasteiger partial charge is 0.351 e. The number of benzene rings is 6. The number of primary amides is 2. The molecule has 4 amide bonds. The summed E-state index contributed by atoms with van der Waals surface area (Å²) in [5.74, 6) is 0.249. The van der Waals surface area contributed by atoms with Gasteiger partial charge in [-0.2, -0.15) is 67.5 Å². The number of aryl methyl sites for hydroxylation is 2. The number of carbonyl (C=O) groups excluding carboxylic acids is 2. The van der Waals surface area contributed by atoms with Gasteiger partial charge in [0.15, 0.2) is 0 Å². The smallest absolute Gasteiger partial charge is 0.316 e. The average molecular weight is 1190 g/mol. The third-order valence-corrected chi connectivity index (χ3v) is 15.0. The van der Waals surface area contributed by atoms with E-state index in [9.17, 15) is 70.3 Å². The van der Waals surface area contributed by atoms with Crippen molar-refractivity contribution in [1.82, 2.24) is 29.9 Å². The Morgan fingerprint density at radius 1 is 0.469 bits per heavy atom. The summed E-state index contributed by atoms with van der Waals surface area (Å²) >= 11 is 0. The molecule has 0 aliphatic carbocycles. The van der Waals surface area contributed by atoms with E-state index in [-0.39, 0.29) is 99.0 Å². The van der Waals surface area contributed by atoms with E-state index in [0.29, 0.717) is 36.5 Å². The predicted octanol–water partition coefficient (Wildman–Crippen LogP) is 7.58. The first kappa shape index (κ1) is 58.3. The van der Waals surface area contributed by atoms with Crippen molar-refractivity contribution in [2.75, 3.05) is 10.6 Å². The van der Waals surface area contributed by atoms with Crippen LogP contribution < -0.4 is 22.1 Å². The molecule has 0 radical (unpaired) electrons. The number of amides is 4. The molecule has 0 bridgehead atoms. The summed E-state index contributed by atoms with van der Waals surface area (Å²) < 4.78 is 165. The summed E-state index contributed by atoms with van der Waals surface area (Å²) in [6.45, 7) is 0. The van der Waals surface area contributed by atoms with Crippen molar-refractivity contribution in [3.63, 3.8) is 0 Å². The highest BCUT2D eigenvalue weighted by molar-refractivity contribution is 7.87. The molecule has 10 N–H and O–H groups in total. The van der Waals surface area contributed by atoms with Crippen LogP contribution in [0, 0.1) is 12.2 Å². The number of nitrogens with two attached hydrogens (primary N) is 2. The molecular weight excluding hydrogens is 1150 g/mol. The van der Waals surface area contributed by atoms with Crippen molar-refractivity contribution < 1.29 is 70.3 Å². The zero-order chi connectivity index (χ0) is 58.6. The summed E-state index contributed by atoms with van der Waals surface area (Å²) in [5.41, 5.74) is 11.1. The molecule has 2 heterocycles. The third kappa shape index (κ3) is 15.1. The minimum absolute atomic E-state index is 0.00614. The summed E-state index contributed by atoms with van der Waals surface area (Å²) in [6, 6.07) is 17.5. The van der Waals surface area contributed by atoms with Crippen molar-refractivity contribution in [2.45, 2.75) is 64.5 Å². The molecule has 0 atom stereocenters. The van der Waals surface area contributed by atoms with E-state index in [0.717, 1.165) is 24.3 Å². The maximum atomic E-state index is 14.8. The van der Waals surface area contributed by atoms with Gasteiger partial charge in [-0.1, -0.05) is 36.8 Å². The topological polar surface area (TPSA) is 454 Å². The van der Waals surface area contributed by atoms with Crippen molar-refractivity contribution in [1.29, 1.82) is 0 Å². The Labute approximate surface area is 457 Å². The lowest BCUT2D eigenvalue weighted by molar-refractivity contribution is 0.258. The first-order valence-electron chi connectivity index (χ1n) is 23.1. The van der Waals surface area contributed by atoms with E-state index >= 15 is 0 Å². The Bertz CT molecular complexity index is 4410. The molecular formula is C47H40F2N14O14S4. The number of fused-ring (bicyclic) bond motifs is 2. The highest BCUT2D eigenvalue weighted by Crippen LogP contribution is 2.37. The van der Waals surface area contributed by atoms with Crippen LogP contribution in [0.2, 0.25) is 0 Å². The molecule has 0 spiro atoms. The van der Waals surface area contributed by atoms with Crippen LogP contribution in [0.15, 0.2) is 137 Å². The zero-order valence-corrected chi connectivity index (χ0v) is 44.3. The average Bonchev–Trinajstić information content (AvgIpc) is 3.44. The number of halogens is 2. The van der Waals surface area contributed by atoms with E-state index in [1.54, 1.807) is 6.07 Å². The SMILES string of the molecule is NC(=O)Nc1cc(Cc2nc(F)nc(CCCCCc3nc(F)nc(Cc4ccc(N=Nc5cc6c(S(=O)(=O)O)cccc6cc5S(=O)(=O)O)c(NC(N)=O)c4)n3)n2)ccc1N=Nc1ccc2cc(S(=O)(=O)O)cc(S(=O)(=O)O)c2c1. The fraction of sp³-hybridized carbons (Fsp3) is 0.149. The van der Waals surface area contributed by atoms with Crippen LogP contribution in [-0.4, -0.2) is 93.8 Å². The maximum absolute atomic E-state index is 14.8. The highest BCUT2D eigenvalue weighted by Gasteiger charge is 2.23. The van der Waals surface area contributed by atoms with E-state index in [1.807, 2.05) is 0 Å². The molecule has 0 unspecified atom stereocenters. The Kier molecular flexibility index (Phi) is 16.9. The van der Waals surface area contributed by atoms with E-state index in [1.165, 1.54) is 60.7 Å². The molecule has 81 heavy (non-hydrogen) atoms. The summed E-state index contributed by atoms with van der Waals surface area (Å²) in [4.78, 5) is 44.9. The fourth-order valence-corrected chi connectivity index (χ4v) is 10.8.